The highest BCUT2D eigenvalue weighted by Gasteiger charge is 2.43. The average Bonchev–Trinajstić information content (AvgIpc) is 2.48. The molecule has 0 saturated carbocycles. The van der Waals surface area contributed by atoms with Gasteiger partial charge in [-0.2, -0.15) is 17.6 Å². The molecule has 0 amide bonds. The summed E-state index contributed by atoms with van der Waals surface area (Å²) in [7, 11) is 0. The minimum absolute atomic E-state index is 0. The van der Waals surface area contributed by atoms with E-state index >= 15 is 0 Å². The Morgan fingerprint density at radius 3 is 2.18 bits per heavy atom. The molecule has 0 spiro atoms. The first-order chi connectivity index (χ1) is 9.90. The monoisotopic (exact) mass is 342 g/mol. The molecule has 0 unspecified atom stereocenters. The summed E-state index contributed by atoms with van der Waals surface area (Å²) in [5.74, 6) is -0.267. The highest BCUT2D eigenvalue weighted by atomic mass is 35.5. The lowest BCUT2D eigenvalue weighted by Crippen LogP contribution is -2.44. The SMILES string of the molecule is C[C@H](c1ccc(OC(F)(F)C(F)F)cc1)N1CCNCC1.Cl. The van der Waals surface area contributed by atoms with E-state index in [-0.39, 0.29) is 24.2 Å². The number of benzene rings is 1. The van der Waals surface area contributed by atoms with Crippen molar-refractivity contribution >= 4 is 12.4 Å². The van der Waals surface area contributed by atoms with Gasteiger partial charge in [-0.25, -0.2) is 0 Å². The molecule has 1 aliphatic rings. The van der Waals surface area contributed by atoms with E-state index < -0.39 is 12.5 Å². The molecule has 0 aliphatic carbocycles. The summed E-state index contributed by atoms with van der Waals surface area (Å²) in [6.07, 6.45) is -8.32. The molecule has 2 rings (SSSR count). The first kappa shape index (κ1) is 19.0. The average molecular weight is 343 g/mol. The summed E-state index contributed by atoms with van der Waals surface area (Å²) < 4.78 is 53.7. The summed E-state index contributed by atoms with van der Waals surface area (Å²) in [5, 5.41) is 3.25. The van der Waals surface area contributed by atoms with E-state index in [2.05, 4.69) is 15.0 Å². The third-order valence-electron chi connectivity index (χ3n) is 3.57. The van der Waals surface area contributed by atoms with Crippen LogP contribution in [-0.2, 0) is 0 Å². The van der Waals surface area contributed by atoms with E-state index in [0.717, 1.165) is 31.7 Å². The van der Waals surface area contributed by atoms with Gasteiger partial charge in [0.25, 0.3) is 0 Å². The van der Waals surface area contributed by atoms with Crippen molar-refractivity contribution in [3.8, 4) is 5.75 Å². The zero-order valence-electron chi connectivity index (χ0n) is 12.1. The van der Waals surface area contributed by atoms with Crippen LogP contribution in [0.4, 0.5) is 17.6 Å². The maximum atomic E-state index is 12.8. The topological polar surface area (TPSA) is 24.5 Å². The van der Waals surface area contributed by atoms with Crippen LogP contribution in [0.5, 0.6) is 5.75 Å². The minimum atomic E-state index is -4.47. The maximum Gasteiger partial charge on any atom is 0.461 e. The molecule has 0 radical (unpaired) electrons. The Balaban J connectivity index is 0.00000242. The van der Waals surface area contributed by atoms with Gasteiger partial charge in [-0.3, -0.25) is 4.90 Å². The van der Waals surface area contributed by atoms with Crippen molar-refractivity contribution in [3.05, 3.63) is 29.8 Å². The molecule has 1 aromatic rings. The fourth-order valence-electron chi connectivity index (χ4n) is 2.30. The molecular formula is C14H19ClF4N2O. The van der Waals surface area contributed by atoms with Crippen molar-refractivity contribution in [2.45, 2.75) is 25.5 Å². The van der Waals surface area contributed by atoms with E-state index in [1.54, 1.807) is 12.1 Å². The second-order valence-electron chi connectivity index (χ2n) is 5.00. The Kier molecular flexibility index (Phi) is 6.90. The van der Waals surface area contributed by atoms with Gasteiger partial charge in [0.15, 0.2) is 0 Å². The standard InChI is InChI=1S/C14H18F4N2O.ClH/c1-10(20-8-6-19-7-9-20)11-2-4-12(5-3-11)21-14(17,18)13(15)16;/h2-5,10,13,19H,6-9H2,1H3;1H/t10-;/m1./s1. The largest absolute Gasteiger partial charge is 0.461 e. The fourth-order valence-corrected chi connectivity index (χ4v) is 2.30. The van der Waals surface area contributed by atoms with Crippen molar-refractivity contribution in [1.29, 1.82) is 0 Å². The van der Waals surface area contributed by atoms with E-state index in [1.165, 1.54) is 12.1 Å². The minimum Gasteiger partial charge on any atom is -0.428 e. The van der Waals surface area contributed by atoms with Gasteiger partial charge in [-0.05, 0) is 24.6 Å². The van der Waals surface area contributed by atoms with Crippen molar-refractivity contribution in [1.82, 2.24) is 10.2 Å². The van der Waals surface area contributed by atoms with E-state index in [9.17, 15) is 17.6 Å². The van der Waals surface area contributed by atoms with Crippen LogP contribution >= 0.6 is 12.4 Å². The van der Waals surface area contributed by atoms with Crippen LogP contribution in [0.1, 0.15) is 18.5 Å². The first-order valence-electron chi connectivity index (χ1n) is 6.80. The summed E-state index contributed by atoms with van der Waals surface area (Å²) >= 11 is 0. The number of hydrogen-bond donors (Lipinski definition) is 1. The lowest BCUT2D eigenvalue weighted by Gasteiger charge is -2.33. The Bertz CT molecular complexity index is 453. The second-order valence-corrected chi connectivity index (χ2v) is 5.00. The molecule has 1 aliphatic heterocycles. The first-order valence-corrected chi connectivity index (χ1v) is 6.80. The van der Waals surface area contributed by atoms with Gasteiger partial charge in [0.2, 0.25) is 0 Å². The number of halogens is 5. The summed E-state index contributed by atoms with van der Waals surface area (Å²) in [4.78, 5) is 2.26. The molecule has 1 fully saturated rings. The van der Waals surface area contributed by atoms with Crippen LogP contribution in [0.2, 0.25) is 0 Å². The molecule has 1 saturated heterocycles. The molecule has 22 heavy (non-hydrogen) atoms. The Morgan fingerprint density at radius 1 is 1.14 bits per heavy atom. The Hall–Kier alpha value is -1.05. The van der Waals surface area contributed by atoms with E-state index in [4.69, 9.17) is 0 Å². The van der Waals surface area contributed by atoms with E-state index in [1.807, 2.05) is 6.92 Å². The van der Waals surface area contributed by atoms with Crippen molar-refractivity contribution in [2.75, 3.05) is 26.2 Å². The van der Waals surface area contributed by atoms with Crippen LogP contribution in [0.15, 0.2) is 24.3 Å². The number of hydrogen-bond acceptors (Lipinski definition) is 3. The molecule has 0 bridgehead atoms. The van der Waals surface area contributed by atoms with Crippen molar-refractivity contribution in [3.63, 3.8) is 0 Å². The van der Waals surface area contributed by atoms with Crippen LogP contribution < -0.4 is 10.1 Å². The smallest absolute Gasteiger partial charge is 0.428 e. The normalized spacial score (nSPS) is 17.9. The number of piperazine rings is 1. The zero-order chi connectivity index (χ0) is 15.5. The summed E-state index contributed by atoms with van der Waals surface area (Å²) in [5.41, 5.74) is 0.935. The Morgan fingerprint density at radius 2 is 1.68 bits per heavy atom. The lowest BCUT2D eigenvalue weighted by atomic mass is 10.1. The van der Waals surface area contributed by atoms with Crippen LogP contribution in [0, 0.1) is 0 Å². The summed E-state index contributed by atoms with van der Waals surface area (Å²) in [6.45, 7) is 5.65. The van der Waals surface area contributed by atoms with Gasteiger partial charge in [0.05, 0.1) is 0 Å². The number of ether oxygens (including phenoxy) is 1. The molecule has 1 aromatic carbocycles. The molecule has 1 atom stereocenters. The van der Waals surface area contributed by atoms with Gasteiger partial charge in [-0.1, -0.05) is 12.1 Å². The van der Waals surface area contributed by atoms with Gasteiger partial charge < -0.3 is 10.1 Å². The zero-order valence-corrected chi connectivity index (χ0v) is 12.9. The van der Waals surface area contributed by atoms with Crippen LogP contribution in [0.25, 0.3) is 0 Å². The molecule has 1 N–H and O–H groups in total. The maximum absolute atomic E-state index is 12.8. The third-order valence-corrected chi connectivity index (χ3v) is 3.57. The lowest BCUT2D eigenvalue weighted by molar-refractivity contribution is -0.253. The highest BCUT2D eigenvalue weighted by Crippen LogP contribution is 2.29. The van der Waals surface area contributed by atoms with Crippen LogP contribution in [-0.4, -0.2) is 43.6 Å². The van der Waals surface area contributed by atoms with Gasteiger partial charge >= 0.3 is 12.5 Å². The predicted octanol–water partition coefficient (Wildman–Crippen LogP) is 3.31. The number of rotatable bonds is 5. The van der Waals surface area contributed by atoms with E-state index in [0.29, 0.717) is 0 Å². The molecule has 126 valence electrons. The molecule has 1 heterocycles. The van der Waals surface area contributed by atoms with Gasteiger partial charge in [0, 0.05) is 32.2 Å². The fraction of sp³-hybridized carbons (Fsp3) is 0.571. The number of nitrogens with one attached hydrogen (secondary N) is 1. The van der Waals surface area contributed by atoms with Crippen LogP contribution in [0.3, 0.4) is 0 Å². The van der Waals surface area contributed by atoms with Gasteiger partial charge in [0.1, 0.15) is 5.75 Å². The van der Waals surface area contributed by atoms with Crippen molar-refractivity contribution < 1.29 is 22.3 Å². The van der Waals surface area contributed by atoms with Crippen molar-refractivity contribution in [2.24, 2.45) is 0 Å². The molecule has 8 heteroatoms. The molecule has 3 nitrogen and oxygen atoms in total. The summed E-state index contributed by atoms with van der Waals surface area (Å²) in [6, 6.07) is 5.98. The third kappa shape index (κ3) is 4.72. The quantitative estimate of drug-likeness (QED) is 0.831. The molecule has 0 aromatic heterocycles. The number of nitrogens with zero attached hydrogens (tertiary/aromatic N) is 1. The molecular weight excluding hydrogens is 324 g/mol. The predicted molar refractivity (Wildman–Crippen MR) is 78.1 cm³/mol. The van der Waals surface area contributed by atoms with Gasteiger partial charge in [-0.15, -0.1) is 12.4 Å². The number of alkyl halides is 4. The highest BCUT2D eigenvalue weighted by molar-refractivity contribution is 5.85. The second kappa shape index (κ2) is 7.99. The Labute approximate surface area is 133 Å².